The predicted octanol–water partition coefficient (Wildman–Crippen LogP) is 17.1. The van der Waals surface area contributed by atoms with Crippen LogP contribution in [0.3, 0.4) is 0 Å². The Morgan fingerprint density at radius 2 is 0.955 bits per heavy atom. The molecule has 0 heterocycles. The number of hydrogen-bond acceptors (Lipinski definition) is 8. The van der Waals surface area contributed by atoms with Gasteiger partial charge >= 0.3 is 11.9 Å². The number of unbranched alkanes of at least 4 members (excludes halogenated alkanes) is 23. The SMILES string of the molecule is CCCCCCCCC(CC)OC(=O)CCCCCCCN(CCCCCCCC(=O)OC(CCCCCCCC)CCCCCCCC)CCCNSCC1(C(C)=O)CCC(C)C1(C)C. The Labute approximate surface area is 415 Å². The van der Waals surface area contributed by atoms with Crippen molar-refractivity contribution < 1.29 is 23.9 Å². The van der Waals surface area contributed by atoms with Gasteiger partial charge in [0.05, 0.1) is 0 Å². The summed E-state index contributed by atoms with van der Waals surface area (Å²) in [6.07, 6.45) is 42.7. The van der Waals surface area contributed by atoms with E-state index in [1.807, 2.05) is 6.92 Å². The van der Waals surface area contributed by atoms with Crippen LogP contribution in [-0.4, -0.2) is 66.8 Å². The predicted molar refractivity (Wildman–Crippen MR) is 286 cm³/mol. The van der Waals surface area contributed by atoms with Crippen molar-refractivity contribution in [2.24, 2.45) is 16.7 Å². The average molecular weight is 950 g/mol. The summed E-state index contributed by atoms with van der Waals surface area (Å²) in [5.74, 6) is 1.80. The molecule has 0 radical (unpaired) electrons. The Kier molecular flexibility index (Phi) is 39.7. The van der Waals surface area contributed by atoms with Crippen molar-refractivity contribution >= 4 is 29.7 Å². The van der Waals surface area contributed by atoms with E-state index in [2.05, 4.69) is 58.1 Å². The number of nitrogens with one attached hydrogen (secondary N) is 1. The minimum Gasteiger partial charge on any atom is -0.462 e. The number of ketones is 1. The van der Waals surface area contributed by atoms with Gasteiger partial charge in [0.15, 0.2) is 0 Å². The first kappa shape index (κ1) is 62.9. The second kappa shape index (κ2) is 41.6. The van der Waals surface area contributed by atoms with Gasteiger partial charge in [-0.15, -0.1) is 0 Å². The lowest BCUT2D eigenvalue weighted by atomic mass is 9.64. The zero-order valence-electron chi connectivity index (χ0n) is 45.3. The molecule has 0 bridgehead atoms. The highest BCUT2D eigenvalue weighted by atomic mass is 32.2. The van der Waals surface area contributed by atoms with Crippen molar-refractivity contribution in [3.8, 4) is 0 Å². The van der Waals surface area contributed by atoms with Gasteiger partial charge in [0.2, 0.25) is 0 Å². The molecule has 1 aliphatic rings. The molecule has 66 heavy (non-hydrogen) atoms. The standard InChI is InChI=1S/C58H112N2O5S/c1-9-13-16-19-24-31-39-53(12-4)64-55(62)42-34-27-22-29-36-47-60(49-38-46-59-66-50-58(52(6)61)45-44-51(5)57(58,7)8)48-37-30-23-28-35-43-56(63)65-54(40-32-25-20-17-14-10-2)41-33-26-21-18-15-11-3/h51,53-54,59H,9-50H2,1-8H3. The molecule has 7 nitrogen and oxygen atoms in total. The Bertz CT molecular complexity index is 1150. The molecule has 3 atom stereocenters. The summed E-state index contributed by atoms with van der Waals surface area (Å²) in [5.41, 5.74) is -0.199. The molecule has 8 heteroatoms. The molecule has 1 fully saturated rings. The normalized spacial score (nSPS) is 17.5. The maximum absolute atomic E-state index is 13.0. The lowest BCUT2D eigenvalue weighted by Gasteiger charge is -2.41. The van der Waals surface area contributed by atoms with Gasteiger partial charge in [-0.2, -0.15) is 0 Å². The van der Waals surface area contributed by atoms with Crippen molar-refractivity contribution in [3.63, 3.8) is 0 Å². The molecule has 0 aliphatic heterocycles. The molecule has 0 aromatic heterocycles. The highest BCUT2D eigenvalue weighted by molar-refractivity contribution is 7.97. The minimum atomic E-state index is -0.231. The summed E-state index contributed by atoms with van der Waals surface area (Å²) in [7, 11) is 0. The van der Waals surface area contributed by atoms with E-state index < -0.39 is 0 Å². The van der Waals surface area contributed by atoms with Crippen molar-refractivity contribution in [3.05, 3.63) is 0 Å². The average Bonchev–Trinajstić information content (AvgIpc) is 3.53. The molecule has 1 rings (SSSR count). The molecule has 3 unspecified atom stereocenters. The van der Waals surface area contributed by atoms with E-state index in [4.69, 9.17) is 9.47 Å². The van der Waals surface area contributed by atoms with Crippen molar-refractivity contribution in [1.82, 2.24) is 9.62 Å². The topological polar surface area (TPSA) is 84.9 Å². The summed E-state index contributed by atoms with van der Waals surface area (Å²) in [5, 5.41) is 0. The molecule has 390 valence electrons. The molecule has 1 saturated carbocycles. The van der Waals surface area contributed by atoms with E-state index >= 15 is 0 Å². The Morgan fingerprint density at radius 3 is 1.38 bits per heavy atom. The van der Waals surface area contributed by atoms with Crippen LogP contribution in [0.25, 0.3) is 0 Å². The van der Waals surface area contributed by atoms with Crippen LogP contribution in [0.1, 0.15) is 293 Å². The first-order valence-corrected chi connectivity index (χ1v) is 29.9. The van der Waals surface area contributed by atoms with E-state index in [0.717, 1.165) is 103 Å². The van der Waals surface area contributed by atoms with Gasteiger partial charge in [0, 0.05) is 30.6 Å². The molecule has 1 aliphatic carbocycles. The van der Waals surface area contributed by atoms with Crippen LogP contribution in [0.15, 0.2) is 0 Å². The minimum absolute atomic E-state index is 0.00469. The fourth-order valence-corrected chi connectivity index (χ4v) is 11.7. The summed E-state index contributed by atoms with van der Waals surface area (Å²) >= 11 is 1.77. The fourth-order valence-electron chi connectivity index (χ4n) is 10.4. The van der Waals surface area contributed by atoms with Crippen LogP contribution in [0, 0.1) is 16.7 Å². The third kappa shape index (κ3) is 29.8. The fraction of sp³-hybridized carbons (Fsp3) is 0.948. The molecule has 0 saturated heterocycles. The summed E-state index contributed by atoms with van der Waals surface area (Å²) < 4.78 is 15.6. The van der Waals surface area contributed by atoms with Gasteiger partial charge in [-0.25, -0.2) is 0 Å². The second-order valence-electron chi connectivity index (χ2n) is 21.5. The van der Waals surface area contributed by atoms with Crippen molar-refractivity contribution in [2.45, 2.75) is 305 Å². The zero-order valence-corrected chi connectivity index (χ0v) is 46.1. The third-order valence-electron chi connectivity index (χ3n) is 15.7. The molecule has 0 aromatic rings. The number of hydrogen-bond donors (Lipinski definition) is 1. The van der Waals surface area contributed by atoms with Crippen molar-refractivity contribution in [1.29, 1.82) is 0 Å². The number of carbonyl (C=O) groups is 3. The highest BCUT2D eigenvalue weighted by Gasteiger charge is 2.55. The summed E-state index contributed by atoms with van der Waals surface area (Å²) in [4.78, 5) is 41.2. The lowest BCUT2D eigenvalue weighted by molar-refractivity contribution is -0.150. The molecule has 1 N–H and O–H groups in total. The van der Waals surface area contributed by atoms with E-state index in [1.165, 1.54) is 154 Å². The lowest BCUT2D eigenvalue weighted by Crippen LogP contribution is -2.44. The van der Waals surface area contributed by atoms with Crippen LogP contribution in [-0.2, 0) is 23.9 Å². The quantitative estimate of drug-likeness (QED) is 0.0367. The second-order valence-corrected chi connectivity index (χ2v) is 22.4. The van der Waals surface area contributed by atoms with E-state index in [0.29, 0.717) is 24.5 Å². The van der Waals surface area contributed by atoms with Crippen LogP contribution < -0.4 is 4.72 Å². The van der Waals surface area contributed by atoms with Crippen LogP contribution >= 0.6 is 11.9 Å². The first-order valence-electron chi connectivity index (χ1n) is 28.9. The largest absolute Gasteiger partial charge is 0.462 e. The number of carbonyl (C=O) groups excluding carboxylic acids is 3. The summed E-state index contributed by atoms with van der Waals surface area (Å²) in [6.45, 7) is 21.9. The van der Waals surface area contributed by atoms with Gasteiger partial charge in [-0.05, 0) is 128 Å². The van der Waals surface area contributed by atoms with Crippen LogP contribution in [0.2, 0.25) is 0 Å². The van der Waals surface area contributed by atoms with Gasteiger partial charge < -0.3 is 14.4 Å². The highest BCUT2D eigenvalue weighted by Crippen LogP contribution is 2.57. The van der Waals surface area contributed by atoms with Crippen molar-refractivity contribution in [2.75, 3.05) is 31.9 Å². The third-order valence-corrected chi connectivity index (χ3v) is 16.8. The number of rotatable bonds is 48. The molecular formula is C58H112N2O5S. The Hall–Kier alpha value is -1.12. The monoisotopic (exact) mass is 949 g/mol. The maximum Gasteiger partial charge on any atom is 0.306 e. The van der Waals surface area contributed by atoms with Gasteiger partial charge in [0.25, 0.3) is 0 Å². The van der Waals surface area contributed by atoms with Gasteiger partial charge in [-0.1, -0.05) is 195 Å². The van der Waals surface area contributed by atoms with Crippen LogP contribution in [0.4, 0.5) is 0 Å². The van der Waals surface area contributed by atoms with E-state index in [9.17, 15) is 14.4 Å². The molecule has 0 spiro atoms. The van der Waals surface area contributed by atoms with Gasteiger partial charge in [0.1, 0.15) is 18.0 Å². The Balaban J connectivity index is 2.50. The molecule has 0 amide bonds. The molecular weight excluding hydrogens is 837 g/mol. The van der Waals surface area contributed by atoms with Crippen LogP contribution in [0.5, 0.6) is 0 Å². The van der Waals surface area contributed by atoms with E-state index in [1.54, 1.807) is 11.9 Å². The van der Waals surface area contributed by atoms with Gasteiger partial charge in [-0.3, -0.25) is 19.1 Å². The smallest absolute Gasteiger partial charge is 0.306 e. The first-order chi connectivity index (χ1) is 32.0. The van der Waals surface area contributed by atoms with E-state index in [-0.39, 0.29) is 35.0 Å². The molecule has 0 aromatic carbocycles. The summed E-state index contributed by atoms with van der Waals surface area (Å²) in [6, 6.07) is 0. The number of ether oxygens (including phenoxy) is 2. The number of esters is 2. The maximum atomic E-state index is 13.0. The number of nitrogens with zero attached hydrogens (tertiary/aromatic N) is 1. The zero-order chi connectivity index (χ0) is 48.6. The number of Topliss-reactive ketones (excluding diaryl/α,β-unsaturated/α-hetero) is 1. The Morgan fingerprint density at radius 1 is 0.561 bits per heavy atom.